The molecule has 0 N–H and O–H groups in total. The van der Waals surface area contributed by atoms with E-state index < -0.39 is 0 Å². The summed E-state index contributed by atoms with van der Waals surface area (Å²) in [6.45, 7) is 3.46. The Hall–Kier alpha value is -1.31. The molecular weight excluding hydrogens is 267 g/mol. The maximum atomic E-state index is 11.3. The summed E-state index contributed by atoms with van der Waals surface area (Å²) in [4.78, 5) is 11.3. The number of aryl methyl sites for hydroxylation is 1. The molecule has 0 atom stereocenters. The number of carbonyl (C=O) groups excluding carboxylic acids is 1. The molecule has 0 aliphatic carbocycles. The van der Waals surface area contributed by atoms with Gasteiger partial charge in [-0.05, 0) is 48.7 Å². The predicted octanol–water partition coefficient (Wildman–Crippen LogP) is 5.17. The van der Waals surface area contributed by atoms with Gasteiger partial charge in [0.15, 0.2) is 5.78 Å². The SMILES string of the molecule is CC(=O)c1ccc(-c2ccc(C)c(Cl)c2)cc1Cl. The molecule has 0 aliphatic heterocycles. The van der Waals surface area contributed by atoms with E-state index in [0.717, 1.165) is 21.7 Å². The van der Waals surface area contributed by atoms with E-state index in [1.165, 1.54) is 6.92 Å². The molecule has 3 heteroatoms. The number of halogens is 2. The summed E-state index contributed by atoms with van der Waals surface area (Å²) in [5, 5.41) is 1.19. The van der Waals surface area contributed by atoms with Crippen molar-refractivity contribution in [1.29, 1.82) is 0 Å². The van der Waals surface area contributed by atoms with Crippen LogP contribution in [-0.2, 0) is 0 Å². The van der Waals surface area contributed by atoms with Crippen LogP contribution in [0.25, 0.3) is 11.1 Å². The van der Waals surface area contributed by atoms with Gasteiger partial charge in [0.2, 0.25) is 0 Å². The largest absolute Gasteiger partial charge is 0.294 e. The highest BCUT2D eigenvalue weighted by molar-refractivity contribution is 6.34. The van der Waals surface area contributed by atoms with E-state index in [1.54, 1.807) is 12.1 Å². The summed E-state index contributed by atoms with van der Waals surface area (Å²) in [6.07, 6.45) is 0. The van der Waals surface area contributed by atoms with Gasteiger partial charge in [-0.3, -0.25) is 4.79 Å². The Morgan fingerprint density at radius 1 is 0.944 bits per heavy atom. The first kappa shape index (κ1) is 13.1. The Labute approximate surface area is 116 Å². The Balaban J connectivity index is 2.48. The molecule has 0 fully saturated rings. The Morgan fingerprint density at radius 3 is 2.00 bits per heavy atom. The highest BCUT2D eigenvalue weighted by Crippen LogP contribution is 2.28. The molecule has 0 bridgehead atoms. The normalized spacial score (nSPS) is 10.4. The highest BCUT2D eigenvalue weighted by atomic mass is 35.5. The van der Waals surface area contributed by atoms with Crippen molar-refractivity contribution < 1.29 is 4.79 Å². The lowest BCUT2D eigenvalue weighted by atomic mass is 10.0. The van der Waals surface area contributed by atoms with Gasteiger partial charge in [-0.15, -0.1) is 0 Å². The standard InChI is InChI=1S/C15H12Cl2O/c1-9-3-4-11(7-14(9)16)12-5-6-13(10(2)18)15(17)8-12/h3-8H,1-2H3. The lowest BCUT2D eigenvalue weighted by Gasteiger charge is -2.07. The molecule has 2 aromatic rings. The van der Waals surface area contributed by atoms with E-state index in [-0.39, 0.29) is 5.78 Å². The summed E-state index contributed by atoms with van der Waals surface area (Å²) >= 11 is 12.2. The monoisotopic (exact) mass is 278 g/mol. The van der Waals surface area contributed by atoms with Crippen LogP contribution in [0.4, 0.5) is 0 Å². The van der Waals surface area contributed by atoms with Gasteiger partial charge in [0.1, 0.15) is 0 Å². The summed E-state index contributed by atoms with van der Waals surface area (Å²) in [5.74, 6) is -0.0338. The van der Waals surface area contributed by atoms with Crippen LogP contribution >= 0.6 is 23.2 Å². The number of Topliss-reactive ketones (excluding diaryl/α,β-unsaturated/α-hetero) is 1. The third kappa shape index (κ3) is 2.58. The van der Waals surface area contributed by atoms with E-state index in [1.807, 2.05) is 31.2 Å². The van der Waals surface area contributed by atoms with Crippen LogP contribution in [0.15, 0.2) is 36.4 Å². The number of carbonyl (C=O) groups is 1. The molecule has 18 heavy (non-hydrogen) atoms. The van der Waals surface area contributed by atoms with Crippen molar-refractivity contribution in [2.45, 2.75) is 13.8 Å². The number of rotatable bonds is 2. The molecule has 92 valence electrons. The maximum Gasteiger partial charge on any atom is 0.161 e. The first-order chi connectivity index (χ1) is 8.49. The second-order valence-electron chi connectivity index (χ2n) is 4.21. The van der Waals surface area contributed by atoms with Crippen LogP contribution in [0.1, 0.15) is 22.8 Å². The first-order valence-electron chi connectivity index (χ1n) is 5.56. The third-order valence-corrected chi connectivity index (χ3v) is 3.57. The van der Waals surface area contributed by atoms with Crippen molar-refractivity contribution in [3.05, 3.63) is 57.6 Å². The van der Waals surface area contributed by atoms with E-state index in [4.69, 9.17) is 23.2 Å². The van der Waals surface area contributed by atoms with Gasteiger partial charge in [0, 0.05) is 10.6 Å². The van der Waals surface area contributed by atoms with Gasteiger partial charge in [-0.25, -0.2) is 0 Å². The smallest absolute Gasteiger partial charge is 0.161 e. The zero-order chi connectivity index (χ0) is 13.3. The van der Waals surface area contributed by atoms with Crippen molar-refractivity contribution >= 4 is 29.0 Å². The minimum absolute atomic E-state index is 0.0338. The predicted molar refractivity (Wildman–Crippen MR) is 76.6 cm³/mol. The quantitative estimate of drug-likeness (QED) is 0.693. The molecule has 0 unspecified atom stereocenters. The van der Waals surface area contributed by atoms with Crippen LogP contribution in [0, 0.1) is 6.92 Å². The molecule has 0 saturated carbocycles. The zero-order valence-corrected chi connectivity index (χ0v) is 11.6. The van der Waals surface area contributed by atoms with Crippen LogP contribution in [0.3, 0.4) is 0 Å². The molecule has 2 aromatic carbocycles. The zero-order valence-electron chi connectivity index (χ0n) is 10.1. The van der Waals surface area contributed by atoms with Crippen LogP contribution in [-0.4, -0.2) is 5.78 Å². The van der Waals surface area contributed by atoms with Gasteiger partial charge in [0.25, 0.3) is 0 Å². The van der Waals surface area contributed by atoms with E-state index >= 15 is 0 Å². The van der Waals surface area contributed by atoms with Crippen LogP contribution in [0.2, 0.25) is 10.0 Å². The second-order valence-corrected chi connectivity index (χ2v) is 5.03. The fourth-order valence-corrected chi connectivity index (χ4v) is 2.25. The fraction of sp³-hybridized carbons (Fsp3) is 0.133. The number of hydrogen-bond acceptors (Lipinski definition) is 1. The molecule has 0 saturated heterocycles. The van der Waals surface area contributed by atoms with Gasteiger partial charge < -0.3 is 0 Å². The minimum Gasteiger partial charge on any atom is -0.294 e. The topological polar surface area (TPSA) is 17.1 Å². The Kier molecular flexibility index (Phi) is 3.74. The Morgan fingerprint density at radius 2 is 1.50 bits per heavy atom. The van der Waals surface area contributed by atoms with E-state index in [0.29, 0.717) is 10.6 Å². The number of benzene rings is 2. The van der Waals surface area contributed by atoms with Crippen LogP contribution in [0.5, 0.6) is 0 Å². The average Bonchev–Trinajstić information content (AvgIpc) is 2.32. The molecule has 0 spiro atoms. The molecule has 0 aromatic heterocycles. The van der Waals surface area contributed by atoms with Gasteiger partial charge in [-0.1, -0.05) is 41.4 Å². The van der Waals surface area contributed by atoms with Crippen molar-refractivity contribution in [3.63, 3.8) is 0 Å². The third-order valence-electron chi connectivity index (χ3n) is 2.85. The lowest BCUT2D eigenvalue weighted by molar-refractivity contribution is 0.101. The molecule has 0 radical (unpaired) electrons. The molecule has 0 amide bonds. The van der Waals surface area contributed by atoms with E-state index in [9.17, 15) is 4.79 Å². The van der Waals surface area contributed by atoms with Gasteiger partial charge in [0.05, 0.1) is 5.02 Å². The highest BCUT2D eigenvalue weighted by Gasteiger charge is 2.08. The molecular formula is C15H12Cl2O. The second kappa shape index (κ2) is 5.13. The van der Waals surface area contributed by atoms with Crippen molar-refractivity contribution in [3.8, 4) is 11.1 Å². The molecule has 2 rings (SSSR count). The number of hydrogen-bond donors (Lipinski definition) is 0. The van der Waals surface area contributed by atoms with Crippen LogP contribution < -0.4 is 0 Å². The summed E-state index contributed by atoms with van der Waals surface area (Å²) in [6, 6.07) is 11.3. The molecule has 0 heterocycles. The van der Waals surface area contributed by atoms with Crippen molar-refractivity contribution in [2.75, 3.05) is 0 Å². The molecule has 1 nitrogen and oxygen atoms in total. The van der Waals surface area contributed by atoms with E-state index in [2.05, 4.69) is 0 Å². The van der Waals surface area contributed by atoms with Gasteiger partial charge in [-0.2, -0.15) is 0 Å². The summed E-state index contributed by atoms with van der Waals surface area (Å²) in [5.41, 5.74) is 3.51. The average molecular weight is 279 g/mol. The number of ketones is 1. The Bertz CT molecular complexity index is 618. The lowest BCUT2D eigenvalue weighted by Crippen LogP contribution is -1.93. The van der Waals surface area contributed by atoms with Crippen molar-refractivity contribution in [1.82, 2.24) is 0 Å². The summed E-state index contributed by atoms with van der Waals surface area (Å²) in [7, 11) is 0. The maximum absolute atomic E-state index is 11.3. The minimum atomic E-state index is -0.0338. The van der Waals surface area contributed by atoms with Crippen molar-refractivity contribution in [2.24, 2.45) is 0 Å². The molecule has 0 aliphatic rings. The fourth-order valence-electron chi connectivity index (χ4n) is 1.75. The first-order valence-corrected chi connectivity index (χ1v) is 6.31. The van der Waals surface area contributed by atoms with Gasteiger partial charge >= 0.3 is 0 Å². The summed E-state index contributed by atoms with van der Waals surface area (Å²) < 4.78 is 0.